The van der Waals surface area contributed by atoms with Gasteiger partial charge in [0.15, 0.2) is 5.82 Å². The summed E-state index contributed by atoms with van der Waals surface area (Å²) in [6, 6.07) is 5.28. The highest BCUT2D eigenvalue weighted by Crippen LogP contribution is 2.28. The van der Waals surface area contributed by atoms with E-state index >= 15 is 0 Å². The highest BCUT2D eigenvalue weighted by Gasteiger charge is 2.21. The van der Waals surface area contributed by atoms with Crippen LogP contribution >= 0.6 is 0 Å². The van der Waals surface area contributed by atoms with E-state index in [1.54, 1.807) is 19.2 Å². The number of fused-ring (bicyclic) bond motifs is 1. The number of hydrogen-bond donors (Lipinski definition) is 3. The lowest BCUT2D eigenvalue weighted by atomic mass is 10.2. The van der Waals surface area contributed by atoms with E-state index in [-0.39, 0.29) is 5.91 Å². The van der Waals surface area contributed by atoms with Crippen LogP contribution in [0.15, 0.2) is 18.2 Å². The van der Waals surface area contributed by atoms with E-state index in [0.29, 0.717) is 23.3 Å². The largest absolute Gasteiger partial charge is 0.354 e. The number of pyridine rings is 1. The van der Waals surface area contributed by atoms with Gasteiger partial charge in [-0.2, -0.15) is 10.1 Å². The van der Waals surface area contributed by atoms with E-state index in [1.807, 2.05) is 17.8 Å². The molecule has 0 aromatic carbocycles. The number of nitrogens with one attached hydrogen (secondary N) is 3. The van der Waals surface area contributed by atoms with Crippen molar-refractivity contribution in [3.8, 4) is 0 Å². The highest BCUT2D eigenvalue weighted by atomic mass is 16.1. The van der Waals surface area contributed by atoms with Crippen molar-refractivity contribution in [3.05, 3.63) is 29.6 Å². The molecule has 1 saturated heterocycles. The van der Waals surface area contributed by atoms with E-state index in [2.05, 4.69) is 37.9 Å². The van der Waals surface area contributed by atoms with Crippen molar-refractivity contribution in [1.82, 2.24) is 35.4 Å². The van der Waals surface area contributed by atoms with E-state index in [4.69, 9.17) is 9.97 Å². The van der Waals surface area contributed by atoms with Crippen LogP contribution in [-0.4, -0.2) is 63.9 Å². The number of carbonyl (C=O) groups excluding carboxylic acids is 1. The second-order valence-electron chi connectivity index (χ2n) is 7.24. The molecule has 30 heavy (non-hydrogen) atoms. The van der Waals surface area contributed by atoms with Crippen LogP contribution < -0.4 is 20.9 Å². The summed E-state index contributed by atoms with van der Waals surface area (Å²) in [6.45, 7) is 5.62. The maximum absolute atomic E-state index is 12.0. The molecule has 0 radical (unpaired) electrons. The van der Waals surface area contributed by atoms with Gasteiger partial charge in [0.05, 0.1) is 5.69 Å². The van der Waals surface area contributed by atoms with Gasteiger partial charge in [-0.05, 0) is 18.6 Å². The van der Waals surface area contributed by atoms with Crippen LogP contribution in [0.1, 0.15) is 29.5 Å². The van der Waals surface area contributed by atoms with Crippen LogP contribution in [-0.2, 0) is 13.5 Å². The standard InChI is InChI=1S/C20H27N9O/c1-4-6-13-16-17(28(3)27-13)18(26-20(25-16)29-11-9-22-10-12-29)24-15-8-5-7-14(23-15)19(30)21-2/h5,7-8,22H,4,6,9-12H2,1-3H3,(H,21,30)(H,23,24,25,26). The fourth-order valence-corrected chi connectivity index (χ4v) is 3.61. The molecule has 4 heterocycles. The van der Waals surface area contributed by atoms with Crippen LogP contribution in [0.4, 0.5) is 17.6 Å². The van der Waals surface area contributed by atoms with Gasteiger partial charge in [0, 0.05) is 40.3 Å². The van der Waals surface area contributed by atoms with Crippen molar-refractivity contribution < 1.29 is 4.79 Å². The Morgan fingerprint density at radius 3 is 2.73 bits per heavy atom. The number of rotatable bonds is 6. The first-order valence-electron chi connectivity index (χ1n) is 10.3. The average molecular weight is 409 g/mol. The lowest BCUT2D eigenvalue weighted by Crippen LogP contribution is -2.44. The molecular formula is C20H27N9O. The summed E-state index contributed by atoms with van der Waals surface area (Å²) >= 11 is 0. The monoisotopic (exact) mass is 409 g/mol. The molecule has 0 bridgehead atoms. The Hall–Kier alpha value is -3.27. The van der Waals surface area contributed by atoms with Gasteiger partial charge in [-0.15, -0.1) is 0 Å². The smallest absolute Gasteiger partial charge is 0.269 e. The van der Waals surface area contributed by atoms with E-state index in [9.17, 15) is 4.79 Å². The van der Waals surface area contributed by atoms with E-state index < -0.39 is 0 Å². The van der Waals surface area contributed by atoms with Crippen LogP contribution in [0.3, 0.4) is 0 Å². The van der Waals surface area contributed by atoms with Gasteiger partial charge in [0.25, 0.3) is 5.91 Å². The van der Waals surface area contributed by atoms with Crippen molar-refractivity contribution in [3.63, 3.8) is 0 Å². The van der Waals surface area contributed by atoms with Crippen LogP contribution in [0.5, 0.6) is 0 Å². The number of aromatic nitrogens is 5. The molecule has 3 aromatic heterocycles. The third kappa shape index (κ3) is 3.90. The highest BCUT2D eigenvalue weighted by molar-refractivity contribution is 5.93. The van der Waals surface area contributed by atoms with Crippen molar-refractivity contribution in [2.24, 2.45) is 7.05 Å². The average Bonchev–Trinajstić information content (AvgIpc) is 3.09. The minimum atomic E-state index is -0.237. The minimum Gasteiger partial charge on any atom is -0.354 e. The Bertz CT molecular complexity index is 1060. The number of carbonyl (C=O) groups is 1. The first-order valence-corrected chi connectivity index (χ1v) is 10.3. The number of anilines is 3. The zero-order valence-corrected chi connectivity index (χ0v) is 17.6. The number of amides is 1. The molecule has 1 fully saturated rings. The number of piperazine rings is 1. The maximum atomic E-state index is 12.0. The lowest BCUT2D eigenvalue weighted by Gasteiger charge is -2.27. The fraction of sp³-hybridized carbons (Fsp3) is 0.450. The summed E-state index contributed by atoms with van der Waals surface area (Å²) in [5.74, 6) is 1.62. The summed E-state index contributed by atoms with van der Waals surface area (Å²) < 4.78 is 1.81. The molecule has 158 valence electrons. The topological polar surface area (TPSA) is 113 Å². The summed E-state index contributed by atoms with van der Waals surface area (Å²) in [7, 11) is 3.48. The van der Waals surface area contributed by atoms with Crippen molar-refractivity contribution in [1.29, 1.82) is 0 Å². The van der Waals surface area contributed by atoms with Gasteiger partial charge in [-0.25, -0.2) is 9.97 Å². The fourth-order valence-electron chi connectivity index (χ4n) is 3.61. The quantitative estimate of drug-likeness (QED) is 0.557. The molecule has 4 rings (SSSR count). The molecular weight excluding hydrogens is 382 g/mol. The van der Waals surface area contributed by atoms with Gasteiger partial charge >= 0.3 is 0 Å². The van der Waals surface area contributed by atoms with Gasteiger partial charge in [0.1, 0.15) is 22.5 Å². The Morgan fingerprint density at radius 1 is 1.20 bits per heavy atom. The summed E-state index contributed by atoms with van der Waals surface area (Å²) in [5, 5.41) is 13.9. The van der Waals surface area contributed by atoms with Crippen LogP contribution in [0.25, 0.3) is 11.0 Å². The molecule has 0 unspecified atom stereocenters. The first-order chi connectivity index (χ1) is 14.6. The Balaban J connectivity index is 1.80. The molecule has 1 aliphatic heterocycles. The molecule has 3 N–H and O–H groups in total. The second-order valence-corrected chi connectivity index (χ2v) is 7.24. The van der Waals surface area contributed by atoms with Gasteiger partial charge in [0.2, 0.25) is 5.95 Å². The molecule has 0 aliphatic carbocycles. The second kappa shape index (κ2) is 8.62. The third-order valence-electron chi connectivity index (χ3n) is 5.08. The minimum absolute atomic E-state index is 0.237. The van der Waals surface area contributed by atoms with Gasteiger partial charge in [-0.3, -0.25) is 9.48 Å². The Morgan fingerprint density at radius 2 is 2.00 bits per heavy atom. The van der Waals surface area contributed by atoms with E-state index in [0.717, 1.165) is 55.7 Å². The Labute approximate surface area is 175 Å². The lowest BCUT2D eigenvalue weighted by molar-refractivity contribution is 0.0958. The van der Waals surface area contributed by atoms with Gasteiger partial charge < -0.3 is 20.9 Å². The predicted molar refractivity (Wildman–Crippen MR) is 116 cm³/mol. The summed E-state index contributed by atoms with van der Waals surface area (Å²) in [4.78, 5) is 28.3. The molecule has 1 amide bonds. The molecule has 0 atom stereocenters. The van der Waals surface area contributed by atoms with Crippen LogP contribution in [0.2, 0.25) is 0 Å². The summed E-state index contributed by atoms with van der Waals surface area (Å²) in [5.41, 5.74) is 2.98. The van der Waals surface area contributed by atoms with Crippen molar-refractivity contribution in [2.75, 3.05) is 43.4 Å². The molecule has 1 aliphatic rings. The van der Waals surface area contributed by atoms with Gasteiger partial charge in [-0.1, -0.05) is 19.4 Å². The predicted octanol–water partition coefficient (Wildman–Crippen LogP) is 1.22. The maximum Gasteiger partial charge on any atom is 0.269 e. The summed E-state index contributed by atoms with van der Waals surface area (Å²) in [6.07, 6.45) is 1.83. The van der Waals surface area contributed by atoms with E-state index in [1.165, 1.54) is 0 Å². The SMILES string of the molecule is CCCc1nn(C)c2c(Nc3cccc(C(=O)NC)n3)nc(N3CCNCC3)nc12. The molecule has 10 heteroatoms. The van der Waals surface area contributed by atoms with Crippen molar-refractivity contribution >= 4 is 34.5 Å². The molecule has 0 spiro atoms. The van der Waals surface area contributed by atoms with Crippen molar-refractivity contribution in [2.45, 2.75) is 19.8 Å². The number of hydrogen-bond acceptors (Lipinski definition) is 8. The molecule has 3 aromatic rings. The molecule has 0 saturated carbocycles. The third-order valence-corrected chi connectivity index (χ3v) is 5.08. The number of aryl methyl sites for hydroxylation is 2. The number of nitrogens with zero attached hydrogens (tertiary/aromatic N) is 6. The zero-order chi connectivity index (χ0) is 21.1. The Kier molecular flexibility index (Phi) is 5.75. The molecule has 10 nitrogen and oxygen atoms in total. The normalized spacial score (nSPS) is 14.2. The zero-order valence-electron chi connectivity index (χ0n) is 17.6. The van der Waals surface area contributed by atoms with Crippen LogP contribution in [0, 0.1) is 0 Å². The first kappa shape index (κ1) is 20.0.